The number of carboxylic acid groups (broad SMARTS) is 1. The molecule has 0 amide bonds. The molecule has 0 atom stereocenters. The number of nitro groups is 1. The smallest absolute Gasteiger partial charge is 0.336 e. The zero-order chi connectivity index (χ0) is 10.9. The summed E-state index contributed by atoms with van der Waals surface area (Å²) in [5, 5.41) is 28.3. The van der Waals surface area contributed by atoms with Crippen LogP contribution in [0.3, 0.4) is 0 Å². The number of carboxylic acids is 1. The molecule has 0 spiro atoms. The van der Waals surface area contributed by atoms with Crippen LogP contribution in [0.4, 0.5) is 5.69 Å². The molecule has 14 heavy (non-hydrogen) atoms. The van der Waals surface area contributed by atoms with E-state index in [2.05, 4.69) is 0 Å². The van der Waals surface area contributed by atoms with Gasteiger partial charge in [-0.1, -0.05) is 0 Å². The van der Waals surface area contributed by atoms with Crippen LogP contribution in [0, 0.1) is 17.0 Å². The van der Waals surface area contributed by atoms with Crippen LogP contribution in [-0.4, -0.2) is 21.1 Å². The molecule has 0 aliphatic carbocycles. The average Bonchev–Trinajstić information content (AvgIpc) is 2.02. The van der Waals surface area contributed by atoms with E-state index in [0.717, 1.165) is 12.1 Å². The molecule has 0 aromatic heterocycles. The lowest BCUT2D eigenvalue weighted by Gasteiger charge is -2.02. The first kappa shape index (κ1) is 9.97. The molecule has 6 heteroatoms. The quantitative estimate of drug-likeness (QED) is 0.549. The van der Waals surface area contributed by atoms with Crippen molar-refractivity contribution in [2.45, 2.75) is 6.92 Å². The topological polar surface area (TPSA) is 101 Å². The van der Waals surface area contributed by atoms with E-state index >= 15 is 0 Å². The molecule has 0 saturated carbocycles. The largest absolute Gasteiger partial charge is 0.502 e. The van der Waals surface area contributed by atoms with E-state index in [1.807, 2.05) is 0 Å². The highest BCUT2D eigenvalue weighted by molar-refractivity contribution is 5.91. The van der Waals surface area contributed by atoms with Crippen LogP contribution in [0.15, 0.2) is 12.1 Å². The van der Waals surface area contributed by atoms with Gasteiger partial charge in [0.25, 0.3) is 0 Å². The van der Waals surface area contributed by atoms with Crippen LogP contribution in [0.5, 0.6) is 5.75 Å². The number of aromatic carboxylic acids is 1. The molecule has 1 aromatic carbocycles. The minimum atomic E-state index is -1.26. The summed E-state index contributed by atoms with van der Waals surface area (Å²) in [6, 6.07) is 2.12. The SMILES string of the molecule is Cc1c(C(=O)O)ccc(O)c1[N+](=O)[O-]. The fourth-order valence-electron chi connectivity index (χ4n) is 1.15. The molecular formula is C8H7NO5. The summed E-state index contributed by atoms with van der Waals surface area (Å²) in [6.45, 7) is 1.28. The Morgan fingerprint density at radius 3 is 2.50 bits per heavy atom. The monoisotopic (exact) mass is 197 g/mol. The van der Waals surface area contributed by atoms with Crippen molar-refractivity contribution in [2.75, 3.05) is 0 Å². The lowest BCUT2D eigenvalue weighted by atomic mass is 10.1. The summed E-state index contributed by atoms with van der Waals surface area (Å²) in [4.78, 5) is 20.3. The Kier molecular flexibility index (Phi) is 2.37. The fourth-order valence-corrected chi connectivity index (χ4v) is 1.15. The van der Waals surface area contributed by atoms with Crippen molar-refractivity contribution < 1.29 is 19.9 Å². The van der Waals surface area contributed by atoms with E-state index in [0.29, 0.717) is 0 Å². The molecule has 1 rings (SSSR count). The summed E-state index contributed by atoms with van der Waals surface area (Å²) in [6.07, 6.45) is 0. The molecule has 0 saturated heterocycles. The van der Waals surface area contributed by atoms with Crippen molar-refractivity contribution in [1.82, 2.24) is 0 Å². The maximum atomic E-state index is 10.6. The highest BCUT2D eigenvalue weighted by Gasteiger charge is 2.22. The number of rotatable bonds is 2. The zero-order valence-electron chi connectivity index (χ0n) is 7.22. The number of nitrogens with zero attached hydrogens (tertiary/aromatic N) is 1. The standard InChI is InChI=1S/C8H7NO5/c1-4-5(8(11)12)2-3-6(10)7(4)9(13)14/h2-3,10H,1H3,(H,11,12). The molecule has 0 radical (unpaired) electrons. The van der Waals surface area contributed by atoms with Gasteiger partial charge in [-0.2, -0.15) is 0 Å². The van der Waals surface area contributed by atoms with Crippen LogP contribution < -0.4 is 0 Å². The van der Waals surface area contributed by atoms with Gasteiger partial charge in [0.2, 0.25) is 0 Å². The average molecular weight is 197 g/mol. The van der Waals surface area contributed by atoms with Crippen LogP contribution in [0.2, 0.25) is 0 Å². The summed E-state index contributed by atoms with van der Waals surface area (Å²) in [5.41, 5.74) is -0.804. The number of hydrogen-bond donors (Lipinski definition) is 2. The molecule has 0 heterocycles. The highest BCUT2D eigenvalue weighted by atomic mass is 16.6. The van der Waals surface area contributed by atoms with Crippen molar-refractivity contribution in [3.8, 4) is 5.75 Å². The molecule has 0 bridgehead atoms. The van der Waals surface area contributed by atoms with Gasteiger partial charge in [-0.15, -0.1) is 0 Å². The highest BCUT2D eigenvalue weighted by Crippen LogP contribution is 2.31. The minimum absolute atomic E-state index is 0.0532. The maximum Gasteiger partial charge on any atom is 0.336 e. The van der Waals surface area contributed by atoms with Gasteiger partial charge in [-0.05, 0) is 19.1 Å². The van der Waals surface area contributed by atoms with Crippen LogP contribution in [0.25, 0.3) is 0 Å². The third-order valence-electron chi connectivity index (χ3n) is 1.82. The zero-order valence-corrected chi connectivity index (χ0v) is 7.22. The van der Waals surface area contributed by atoms with E-state index < -0.39 is 22.3 Å². The minimum Gasteiger partial charge on any atom is -0.502 e. The molecule has 2 N–H and O–H groups in total. The molecule has 1 aromatic rings. The second-order valence-electron chi connectivity index (χ2n) is 2.67. The van der Waals surface area contributed by atoms with Crippen molar-refractivity contribution in [3.63, 3.8) is 0 Å². The Morgan fingerprint density at radius 1 is 1.50 bits per heavy atom. The lowest BCUT2D eigenvalue weighted by molar-refractivity contribution is -0.386. The van der Waals surface area contributed by atoms with Gasteiger partial charge >= 0.3 is 11.7 Å². The number of carbonyl (C=O) groups is 1. The lowest BCUT2D eigenvalue weighted by Crippen LogP contribution is -2.02. The first-order chi connectivity index (χ1) is 6.45. The Bertz CT molecular complexity index is 412. The van der Waals surface area contributed by atoms with Gasteiger partial charge in [-0.25, -0.2) is 4.79 Å². The molecule has 0 unspecified atom stereocenters. The Hall–Kier alpha value is -2.11. The van der Waals surface area contributed by atoms with Crippen LogP contribution in [0.1, 0.15) is 15.9 Å². The number of hydrogen-bond acceptors (Lipinski definition) is 4. The molecule has 74 valence electrons. The predicted molar refractivity (Wildman–Crippen MR) is 46.5 cm³/mol. The van der Waals surface area contributed by atoms with Gasteiger partial charge in [0, 0.05) is 5.56 Å². The summed E-state index contributed by atoms with van der Waals surface area (Å²) < 4.78 is 0. The Balaban J connectivity index is 3.49. The van der Waals surface area contributed by atoms with E-state index in [1.165, 1.54) is 6.92 Å². The fraction of sp³-hybridized carbons (Fsp3) is 0.125. The summed E-state index contributed by atoms with van der Waals surface area (Å²) >= 11 is 0. The molecule has 0 aliphatic rings. The Morgan fingerprint density at radius 2 is 2.07 bits per heavy atom. The number of nitro benzene ring substituents is 1. The van der Waals surface area contributed by atoms with Gasteiger partial charge in [0.05, 0.1) is 10.5 Å². The summed E-state index contributed by atoms with van der Waals surface area (Å²) in [5.74, 6) is -1.79. The maximum absolute atomic E-state index is 10.6. The van der Waals surface area contributed by atoms with E-state index in [9.17, 15) is 14.9 Å². The van der Waals surface area contributed by atoms with Crippen molar-refractivity contribution in [2.24, 2.45) is 0 Å². The van der Waals surface area contributed by atoms with Gasteiger partial charge < -0.3 is 10.2 Å². The van der Waals surface area contributed by atoms with Crippen LogP contribution >= 0.6 is 0 Å². The normalized spacial score (nSPS) is 9.79. The number of phenolic OH excluding ortho intramolecular Hbond substituents is 1. The summed E-state index contributed by atoms with van der Waals surface area (Å²) in [7, 11) is 0. The van der Waals surface area contributed by atoms with Crippen molar-refractivity contribution >= 4 is 11.7 Å². The number of phenols is 1. The predicted octanol–water partition coefficient (Wildman–Crippen LogP) is 1.31. The van der Waals surface area contributed by atoms with E-state index in [1.54, 1.807) is 0 Å². The molecule has 0 fully saturated rings. The van der Waals surface area contributed by atoms with Gasteiger partial charge in [0.1, 0.15) is 0 Å². The molecule has 0 aliphatic heterocycles. The first-order valence-corrected chi connectivity index (χ1v) is 3.65. The number of aromatic hydroxyl groups is 1. The second-order valence-corrected chi connectivity index (χ2v) is 2.67. The molecular weight excluding hydrogens is 190 g/mol. The van der Waals surface area contributed by atoms with Gasteiger partial charge in [-0.3, -0.25) is 10.1 Å². The van der Waals surface area contributed by atoms with E-state index in [4.69, 9.17) is 10.2 Å². The third-order valence-corrected chi connectivity index (χ3v) is 1.82. The van der Waals surface area contributed by atoms with Crippen molar-refractivity contribution in [1.29, 1.82) is 0 Å². The van der Waals surface area contributed by atoms with E-state index in [-0.39, 0.29) is 11.1 Å². The second kappa shape index (κ2) is 3.33. The number of benzene rings is 1. The van der Waals surface area contributed by atoms with Gasteiger partial charge in [0.15, 0.2) is 5.75 Å². The van der Waals surface area contributed by atoms with Crippen LogP contribution in [-0.2, 0) is 0 Å². The Labute approximate surface area is 78.6 Å². The molecule has 6 nitrogen and oxygen atoms in total. The third kappa shape index (κ3) is 1.49. The first-order valence-electron chi connectivity index (χ1n) is 3.65. The van der Waals surface area contributed by atoms with Crippen molar-refractivity contribution in [3.05, 3.63) is 33.4 Å².